The topological polar surface area (TPSA) is 363 Å². The molecule has 52 heavy (non-hydrogen) atoms. The lowest BCUT2D eigenvalue weighted by atomic mass is 9.95. The third-order valence-corrected chi connectivity index (χ3v) is 9.56. The van der Waals surface area contributed by atoms with Crippen molar-refractivity contribution in [3.63, 3.8) is 0 Å². The van der Waals surface area contributed by atoms with Crippen molar-refractivity contribution in [2.45, 2.75) is 149 Å². The second-order valence-corrected chi connectivity index (χ2v) is 13.2. The molecule has 4 saturated heterocycles. The quantitative estimate of drug-likeness (QED) is 0.0611. The first-order chi connectivity index (χ1) is 24.8. The van der Waals surface area contributed by atoms with Gasteiger partial charge in [-0.1, -0.05) is 12.8 Å². The molecule has 0 spiro atoms. The van der Waals surface area contributed by atoms with Crippen LogP contribution < -0.4 is 5.73 Å². The second-order valence-electron chi connectivity index (χ2n) is 13.2. The first-order valence-electron chi connectivity index (χ1n) is 17.3. The number of rotatable bonds is 17. The van der Waals surface area contributed by atoms with Gasteiger partial charge >= 0.3 is 0 Å². The molecule has 20 atom stereocenters. The zero-order valence-electron chi connectivity index (χ0n) is 28.3. The Labute approximate surface area is 298 Å². The number of aliphatic hydroxyl groups excluding tert-OH is 13. The Balaban J connectivity index is 1.37. The SMILES string of the molecule is NCCCCCCO[C@H]1OC(CO)[C@H](O[C@H]2OC(CO)[C@@H](O[C@@H]3OC(CO)[C@@H](O[C@H]4OC(CO)[C@H](O)[C@H](O)C4O)C(O)[C@@H]3O)[C@H](O)C2O)[C@H](O)C1O. The van der Waals surface area contributed by atoms with E-state index in [1.54, 1.807) is 0 Å². The minimum absolute atomic E-state index is 0.181. The average molecular weight is 766 g/mol. The summed E-state index contributed by atoms with van der Waals surface area (Å²) in [5.74, 6) is 0. The zero-order chi connectivity index (χ0) is 38.3. The van der Waals surface area contributed by atoms with E-state index < -0.39 is 149 Å². The predicted octanol–water partition coefficient (Wildman–Crippen LogP) is -8.21. The molecule has 4 aliphatic heterocycles. The van der Waals surface area contributed by atoms with E-state index >= 15 is 0 Å². The summed E-state index contributed by atoms with van der Waals surface area (Å²) in [6, 6.07) is 0. The highest BCUT2D eigenvalue weighted by Gasteiger charge is 2.55. The van der Waals surface area contributed by atoms with Gasteiger partial charge in [-0.2, -0.15) is 0 Å². The Morgan fingerprint density at radius 1 is 0.385 bits per heavy atom. The summed E-state index contributed by atoms with van der Waals surface area (Å²) in [5, 5.41) is 135. The van der Waals surface area contributed by atoms with Crippen LogP contribution in [-0.4, -0.2) is 229 Å². The number of hydrogen-bond acceptors (Lipinski definition) is 22. The molecule has 0 saturated carbocycles. The molecule has 4 fully saturated rings. The molecule has 22 heteroatoms. The summed E-state index contributed by atoms with van der Waals surface area (Å²) in [6.45, 7) is -2.54. The van der Waals surface area contributed by atoms with Gasteiger partial charge in [0.15, 0.2) is 25.2 Å². The first-order valence-corrected chi connectivity index (χ1v) is 17.3. The maximum Gasteiger partial charge on any atom is 0.187 e. The highest BCUT2D eigenvalue weighted by Crippen LogP contribution is 2.34. The minimum Gasteiger partial charge on any atom is -0.394 e. The van der Waals surface area contributed by atoms with Gasteiger partial charge < -0.3 is 110 Å². The Morgan fingerprint density at radius 2 is 0.731 bits per heavy atom. The summed E-state index contributed by atoms with van der Waals surface area (Å²) in [7, 11) is 0. The molecule has 0 aromatic rings. The van der Waals surface area contributed by atoms with Crippen molar-refractivity contribution in [3.8, 4) is 0 Å². The molecule has 8 unspecified atom stereocenters. The fourth-order valence-corrected chi connectivity index (χ4v) is 6.47. The number of aliphatic hydroxyl groups is 13. The van der Waals surface area contributed by atoms with Gasteiger partial charge in [0.05, 0.1) is 26.4 Å². The van der Waals surface area contributed by atoms with Gasteiger partial charge in [0.25, 0.3) is 0 Å². The number of ether oxygens (including phenoxy) is 8. The van der Waals surface area contributed by atoms with Crippen molar-refractivity contribution in [2.24, 2.45) is 5.73 Å². The number of hydrogen-bond donors (Lipinski definition) is 14. The van der Waals surface area contributed by atoms with Gasteiger partial charge in [0, 0.05) is 6.61 Å². The zero-order valence-corrected chi connectivity index (χ0v) is 28.3. The van der Waals surface area contributed by atoms with Crippen LogP contribution in [0.25, 0.3) is 0 Å². The molecule has 0 aromatic carbocycles. The van der Waals surface area contributed by atoms with E-state index in [2.05, 4.69) is 0 Å². The molecule has 4 rings (SSSR count). The standard InChI is InChI=1S/C30H55NO21/c31-5-3-1-2-4-6-45-27-21(42)17(38)24(12(8-33)47-27)51-29-23(44)19(40)26(14(10-35)49-29)52-30-22(43)18(39)25(13(9-34)48-30)50-28-20(41)16(37)15(36)11(7-32)46-28/h11-30,32-44H,1-10,31H2/t11?,12?,13?,14?,15-,16-,17+,18?,19+,20?,21?,22-,23?,24-,25+,26+,27-,28+,29+,30-/m0/s1. The van der Waals surface area contributed by atoms with Crippen molar-refractivity contribution in [1.29, 1.82) is 0 Å². The largest absolute Gasteiger partial charge is 0.394 e. The van der Waals surface area contributed by atoms with Crippen LogP contribution in [-0.2, 0) is 37.9 Å². The fourth-order valence-electron chi connectivity index (χ4n) is 6.47. The Morgan fingerprint density at radius 3 is 1.13 bits per heavy atom. The van der Waals surface area contributed by atoms with Crippen LogP contribution in [0.5, 0.6) is 0 Å². The van der Waals surface area contributed by atoms with Crippen LogP contribution in [0.2, 0.25) is 0 Å². The highest BCUT2D eigenvalue weighted by atomic mass is 16.8. The van der Waals surface area contributed by atoms with Crippen molar-refractivity contribution in [1.82, 2.24) is 0 Å². The fraction of sp³-hybridized carbons (Fsp3) is 1.00. The van der Waals surface area contributed by atoms with Gasteiger partial charge in [0.1, 0.15) is 97.7 Å². The molecule has 0 amide bonds. The maximum absolute atomic E-state index is 11.0. The van der Waals surface area contributed by atoms with Crippen molar-refractivity contribution >= 4 is 0 Å². The molecule has 0 aromatic heterocycles. The van der Waals surface area contributed by atoms with E-state index in [9.17, 15) is 66.4 Å². The molecular formula is C30H55NO21. The lowest BCUT2D eigenvalue weighted by Crippen LogP contribution is -2.67. The van der Waals surface area contributed by atoms with E-state index in [1.165, 1.54) is 0 Å². The molecule has 306 valence electrons. The van der Waals surface area contributed by atoms with Crippen LogP contribution in [0.3, 0.4) is 0 Å². The predicted molar refractivity (Wildman–Crippen MR) is 165 cm³/mol. The average Bonchev–Trinajstić information content (AvgIpc) is 3.14. The van der Waals surface area contributed by atoms with Crippen molar-refractivity contribution < 1.29 is 104 Å². The molecular weight excluding hydrogens is 710 g/mol. The van der Waals surface area contributed by atoms with Gasteiger partial charge in [-0.15, -0.1) is 0 Å². The van der Waals surface area contributed by atoms with E-state index in [4.69, 9.17) is 43.6 Å². The lowest BCUT2D eigenvalue weighted by molar-refractivity contribution is -0.388. The molecule has 22 nitrogen and oxygen atoms in total. The first kappa shape index (κ1) is 43.8. The number of unbranched alkanes of at least 4 members (excludes halogenated alkanes) is 3. The van der Waals surface area contributed by atoms with Crippen LogP contribution in [0.15, 0.2) is 0 Å². The normalized spacial score (nSPS) is 47.4. The summed E-state index contributed by atoms with van der Waals surface area (Å²) in [6.07, 6.45) is -31.0. The van der Waals surface area contributed by atoms with Crippen LogP contribution in [0, 0.1) is 0 Å². The third kappa shape index (κ3) is 9.91. The van der Waals surface area contributed by atoms with Crippen molar-refractivity contribution in [3.05, 3.63) is 0 Å². The highest BCUT2D eigenvalue weighted by molar-refractivity contribution is 4.97. The maximum atomic E-state index is 11.0. The summed E-state index contributed by atoms with van der Waals surface area (Å²) >= 11 is 0. The van der Waals surface area contributed by atoms with Gasteiger partial charge in [0.2, 0.25) is 0 Å². The minimum atomic E-state index is -2.02. The second kappa shape index (κ2) is 20.3. The Bertz CT molecular complexity index is 1030. The summed E-state index contributed by atoms with van der Waals surface area (Å²) < 4.78 is 44.4. The van der Waals surface area contributed by atoms with E-state index in [-0.39, 0.29) is 6.61 Å². The summed E-state index contributed by atoms with van der Waals surface area (Å²) in [5.41, 5.74) is 5.48. The third-order valence-electron chi connectivity index (χ3n) is 9.56. The van der Waals surface area contributed by atoms with Crippen LogP contribution in [0.1, 0.15) is 25.7 Å². The molecule has 4 aliphatic rings. The van der Waals surface area contributed by atoms with Crippen LogP contribution in [0.4, 0.5) is 0 Å². The molecule has 0 aliphatic carbocycles. The summed E-state index contributed by atoms with van der Waals surface area (Å²) in [4.78, 5) is 0. The lowest BCUT2D eigenvalue weighted by Gasteiger charge is -2.49. The number of nitrogens with two attached hydrogens (primary N) is 1. The van der Waals surface area contributed by atoms with Gasteiger partial charge in [-0.3, -0.25) is 0 Å². The van der Waals surface area contributed by atoms with Crippen LogP contribution >= 0.6 is 0 Å². The van der Waals surface area contributed by atoms with Gasteiger partial charge in [-0.25, -0.2) is 0 Å². The molecule has 4 heterocycles. The van der Waals surface area contributed by atoms with Crippen molar-refractivity contribution in [2.75, 3.05) is 39.6 Å². The Hall–Kier alpha value is -0.880. The van der Waals surface area contributed by atoms with E-state index in [0.29, 0.717) is 13.0 Å². The Kier molecular flexibility index (Phi) is 17.1. The smallest absolute Gasteiger partial charge is 0.187 e. The molecule has 15 N–H and O–H groups in total. The van der Waals surface area contributed by atoms with E-state index in [1.807, 2.05) is 0 Å². The molecule has 0 bridgehead atoms. The monoisotopic (exact) mass is 765 g/mol. The molecule has 0 radical (unpaired) electrons. The van der Waals surface area contributed by atoms with E-state index in [0.717, 1.165) is 19.3 Å². The van der Waals surface area contributed by atoms with Gasteiger partial charge in [-0.05, 0) is 19.4 Å².